The zero-order valence-electron chi connectivity index (χ0n) is 19.1. The molecule has 0 saturated carbocycles. The van der Waals surface area contributed by atoms with Gasteiger partial charge >= 0.3 is 0 Å². The number of likely N-dealkylation sites (N-methyl/N-ethyl adjacent to an activating group) is 1. The summed E-state index contributed by atoms with van der Waals surface area (Å²) in [5.74, 6) is -1.23. The standard InChI is InChI=1S/C23H34N2O3SSi/c1-17(24-5)23(28-30(6,7)22(2,3)4)25(16-18-12-9-8-10-13-18)21(26)20(27-23)19-14-11-15-29-19/h8-15,17,20,24H,16H2,1-7H3. The fourth-order valence-electron chi connectivity index (χ4n) is 3.36. The Morgan fingerprint density at radius 2 is 1.90 bits per heavy atom. The third-order valence-electron chi connectivity index (χ3n) is 6.33. The van der Waals surface area contributed by atoms with Crippen LogP contribution in [-0.4, -0.2) is 38.1 Å². The molecule has 0 aliphatic carbocycles. The molecule has 164 valence electrons. The van der Waals surface area contributed by atoms with Gasteiger partial charge in [0.2, 0.25) is 0 Å². The number of amides is 1. The Kier molecular flexibility index (Phi) is 6.60. The minimum absolute atomic E-state index is 0.0285. The molecule has 1 aromatic carbocycles. The highest BCUT2D eigenvalue weighted by molar-refractivity contribution is 7.10. The molecular formula is C23H34N2O3SSi. The molecule has 1 N–H and O–H groups in total. The zero-order chi connectivity index (χ0) is 22.2. The summed E-state index contributed by atoms with van der Waals surface area (Å²) in [5.41, 5.74) is 1.05. The van der Waals surface area contributed by atoms with Crippen LogP contribution in [0.3, 0.4) is 0 Å². The first-order chi connectivity index (χ1) is 14.0. The van der Waals surface area contributed by atoms with Gasteiger partial charge in [-0.1, -0.05) is 57.2 Å². The minimum atomic E-state index is -2.28. The summed E-state index contributed by atoms with van der Waals surface area (Å²) in [4.78, 5) is 16.4. The number of nitrogens with one attached hydrogen (secondary N) is 1. The first-order valence-electron chi connectivity index (χ1n) is 10.5. The molecule has 5 nitrogen and oxygen atoms in total. The molecule has 0 spiro atoms. The number of carbonyl (C=O) groups is 1. The third kappa shape index (κ3) is 4.27. The lowest BCUT2D eigenvalue weighted by atomic mass is 10.1. The Bertz CT molecular complexity index is 851. The van der Waals surface area contributed by atoms with Crippen LogP contribution >= 0.6 is 11.3 Å². The van der Waals surface area contributed by atoms with E-state index in [1.807, 2.05) is 61.8 Å². The van der Waals surface area contributed by atoms with E-state index in [-0.39, 0.29) is 17.0 Å². The van der Waals surface area contributed by atoms with Crippen LogP contribution in [-0.2, 0) is 20.5 Å². The van der Waals surface area contributed by atoms with Crippen molar-refractivity contribution in [1.82, 2.24) is 10.2 Å². The van der Waals surface area contributed by atoms with E-state index < -0.39 is 20.3 Å². The average molecular weight is 447 g/mol. The van der Waals surface area contributed by atoms with E-state index in [9.17, 15) is 4.79 Å². The van der Waals surface area contributed by atoms with Crippen molar-refractivity contribution in [3.8, 4) is 0 Å². The molecule has 0 radical (unpaired) electrons. The number of benzene rings is 1. The second kappa shape index (κ2) is 8.55. The summed E-state index contributed by atoms with van der Waals surface area (Å²) < 4.78 is 13.6. The number of nitrogens with zero attached hydrogens (tertiary/aromatic N) is 1. The molecule has 2 aromatic rings. The number of thiophene rings is 1. The fraction of sp³-hybridized carbons (Fsp3) is 0.522. The van der Waals surface area contributed by atoms with Gasteiger partial charge in [-0.05, 0) is 49.1 Å². The molecule has 0 bridgehead atoms. The van der Waals surface area contributed by atoms with Crippen LogP contribution in [0.4, 0.5) is 0 Å². The van der Waals surface area contributed by atoms with Crippen molar-refractivity contribution in [2.45, 2.75) is 70.4 Å². The second-order valence-corrected chi connectivity index (χ2v) is 15.1. The largest absolute Gasteiger partial charge is 0.373 e. The maximum Gasteiger partial charge on any atom is 0.261 e. The Morgan fingerprint density at radius 1 is 1.23 bits per heavy atom. The molecule has 1 aromatic heterocycles. The lowest BCUT2D eigenvalue weighted by Crippen LogP contribution is -2.64. The first kappa shape index (κ1) is 23.2. The molecule has 1 saturated heterocycles. The van der Waals surface area contributed by atoms with Crippen LogP contribution in [0.1, 0.15) is 44.2 Å². The predicted molar refractivity (Wildman–Crippen MR) is 125 cm³/mol. The van der Waals surface area contributed by atoms with Crippen LogP contribution in [0.25, 0.3) is 0 Å². The zero-order valence-corrected chi connectivity index (χ0v) is 20.9. The van der Waals surface area contributed by atoms with Gasteiger partial charge < -0.3 is 14.5 Å². The van der Waals surface area contributed by atoms with Crippen molar-refractivity contribution >= 4 is 25.6 Å². The lowest BCUT2D eigenvalue weighted by Gasteiger charge is -2.48. The number of rotatable bonds is 7. The van der Waals surface area contributed by atoms with Crippen molar-refractivity contribution in [1.29, 1.82) is 0 Å². The molecular weight excluding hydrogens is 412 g/mol. The van der Waals surface area contributed by atoms with E-state index >= 15 is 0 Å². The smallest absolute Gasteiger partial charge is 0.261 e. The summed E-state index contributed by atoms with van der Waals surface area (Å²) in [6, 6.07) is 13.7. The van der Waals surface area contributed by atoms with Gasteiger partial charge in [-0.15, -0.1) is 11.3 Å². The van der Waals surface area contributed by atoms with Gasteiger partial charge in [-0.25, -0.2) is 0 Å². The van der Waals surface area contributed by atoms with E-state index in [0.717, 1.165) is 10.4 Å². The van der Waals surface area contributed by atoms with Crippen molar-refractivity contribution in [3.63, 3.8) is 0 Å². The maximum absolute atomic E-state index is 13.7. The van der Waals surface area contributed by atoms with E-state index in [0.29, 0.717) is 6.54 Å². The van der Waals surface area contributed by atoms with Gasteiger partial charge in [0.1, 0.15) is 0 Å². The Morgan fingerprint density at radius 3 is 2.43 bits per heavy atom. The highest BCUT2D eigenvalue weighted by Crippen LogP contribution is 2.47. The van der Waals surface area contributed by atoms with E-state index in [1.165, 1.54) is 11.3 Å². The van der Waals surface area contributed by atoms with Crippen LogP contribution in [0.5, 0.6) is 0 Å². The molecule has 1 aliphatic rings. The van der Waals surface area contributed by atoms with Gasteiger partial charge in [-0.3, -0.25) is 9.69 Å². The summed E-state index contributed by atoms with van der Waals surface area (Å²) in [7, 11) is -0.396. The molecule has 3 rings (SSSR count). The number of carbonyl (C=O) groups excluding carboxylic acids is 1. The number of hydrogen-bond acceptors (Lipinski definition) is 5. The summed E-state index contributed by atoms with van der Waals surface area (Å²) in [6.07, 6.45) is -0.658. The van der Waals surface area contributed by atoms with Crippen LogP contribution in [0.15, 0.2) is 47.8 Å². The van der Waals surface area contributed by atoms with Gasteiger partial charge in [0.25, 0.3) is 11.8 Å². The van der Waals surface area contributed by atoms with Gasteiger partial charge in [0.15, 0.2) is 14.4 Å². The number of hydrogen-bond donors (Lipinski definition) is 1. The summed E-state index contributed by atoms with van der Waals surface area (Å²) in [5, 5.41) is 5.25. The normalized spacial score (nSPS) is 23.8. The first-order valence-corrected chi connectivity index (χ1v) is 14.2. The van der Waals surface area contributed by atoms with Crippen molar-refractivity contribution in [3.05, 3.63) is 58.3 Å². The van der Waals surface area contributed by atoms with Crippen LogP contribution < -0.4 is 5.32 Å². The van der Waals surface area contributed by atoms with Crippen LogP contribution in [0.2, 0.25) is 18.1 Å². The fourth-order valence-corrected chi connectivity index (χ4v) is 5.47. The second-order valence-electron chi connectivity index (χ2n) is 9.43. The third-order valence-corrected chi connectivity index (χ3v) is 11.7. The molecule has 3 atom stereocenters. The maximum atomic E-state index is 13.7. The Hall–Kier alpha value is -1.51. The predicted octanol–water partition coefficient (Wildman–Crippen LogP) is 5.13. The molecule has 30 heavy (non-hydrogen) atoms. The van der Waals surface area contributed by atoms with E-state index in [1.54, 1.807) is 4.90 Å². The van der Waals surface area contributed by atoms with Crippen molar-refractivity contribution < 1.29 is 14.0 Å². The quantitative estimate of drug-likeness (QED) is 0.599. The average Bonchev–Trinajstić information content (AvgIpc) is 3.30. The SMILES string of the molecule is CNC(C)C1(O[Si](C)(C)C(C)(C)C)OC(c2cccs2)C(=O)N1Cc1ccccc1. The number of ether oxygens (including phenoxy) is 1. The topological polar surface area (TPSA) is 50.8 Å². The summed E-state index contributed by atoms with van der Waals surface area (Å²) >= 11 is 1.54. The minimum Gasteiger partial charge on any atom is -0.373 e. The molecule has 1 fully saturated rings. The van der Waals surface area contributed by atoms with Gasteiger partial charge in [0, 0.05) is 4.88 Å². The molecule has 3 unspecified atom stereocenters. The molecule has 2 heterocycles. The molecule has 7 heteroatoms. The van der Waals surface area contributed by atoms with Crippen molar-refractivity contribution in [2.75, 3.05) is 7.05 Å². The monoisotopic (exact) mass is 446 g/mol. The molecule has 1 aliphatic heterocycles. The highest BCUT2D eigenvalue weighted by Gasteiger charge is 2.60. The van der Waals surface area contributed by atoms with Gasteiger partial charge in [0.05, 0.1) is 12.6 Å². The Balaban J connectivity index is 2.10. The van der Waals surface area contributed by atoms with Crippen molar-refractivity contribution in [2.24, 2.45) is 0 Å². The molecule has 1 amide bonds. The Labute approximate surface area is 185 Å². The van der Waals surface area contributed by atoms with E-state index in [2.05, 4.69) is 39.2 Å². The van der Waals surface area contributed by atoms with Crippen LogP contribution in [0, 0.1) is 0 Å². The summed E-state index contributed by atoms with van der Waals surface area (Å²) in [6.45, 7) is 13.5. The van der Waals surface area contributed by atoms with E-state index in [4.69, 9.17) is 9.16 Å². The van der Waals surface area contributed by atoms with Gasteiger partial charge in [-0.2, -0.15) is 0 Å². The lowest BCUT2D eigenvalue weighted by molar-refractivity contribution is -0.261. The highest BCUT2D eigenvalue weighted by atomic mass is 32.1.